The number of nitrogens with zero attached hydrogens (tertiary/aromatic N) is 3. The minimum atomic E-state index is -2.90. The molecule has 0 saturated carbocycles. The lowest BCUT2D eigenvalue weighted by molar-refractivity contribution is 0.0526. The van der Waals surface area contributed by atoms with Gasteiger partial charge < -0.3 is 9.30 Å². The van der Waals surface area contributed by atoms with Gasteiger partial charge in [-0.15, -0.1) is 0 Å². The molecular weight excluding hydrogens is 434 g/mol. The van der Waals surface area contributed by atoms with Crippen LogP contribution in [0.15, 0.2) is 24.4 Å². The first-order valence-corrected chi connectivity index (χ1v) is 12.3. The standard InChI is InChI=1S/C19H20ClN3O4S2/c1-2-27-19(24)18-21-17(22-28-18)14-11-23(16-13(14)4-3-5-15(16)20)10-12-6-8-29(25,26)9-7-12/h3-5,11-12H,2,6-10H2,1H3. The smallest absolute Gasteiger partial charge is 0.369 e. The number of rotatable bonds is 5. The summed E-state index contributed by atoms with van der Waals surface area (Å²) in [7, 11) is -2.90. The Balaban J connectivity index is 1.69. The van der Waals surface area contributed by atoms with Crippen LogP contribution in [-0.2, 0) is 21.1 Å². The van der Waals surface area contributed by atoms with Gasteiger partial charge in [0.15, 0.2) is 5.82 Å². The number of benzene rings is 1. The monoisotopic (exact) mass is 453 g/mol. The van der Waals surface area contributed by atoms with E-state index in [0.717, 1.165) is 28.0 Å². The predicted octanol–water partition coefficient (Wildman–Crippen LogP) is 3.81. The first-order chi connectivity index (χ1) is 13.9. The molecule has 1 fully saturated rings. The number of carbonyl (C=O) groups excluding carboxylic acids is 1. The second kappa shape index (κ2) is 8.04. The van der Waals surface area contributed by atoms with Crippen LogP contribution in [0, 0.1) is 5.92 Å². The normalized spacial score (nSPS) is 16.9. The number of aromatic nitrogens is 3. The Kier molecular flexibility index (Phi) is 5.63. The molecule has 2 aromatic heterocycles. The molecule has 7 nitrogen and oxygen atoms in total. The van der Waals surface area contributed by atoms with Crippen molar-refractivity contribution in [1.82, 2.24) is 13.9 Å². The van der Waals surface area contributed by atoms with E-state index < -0.39 is 15.8 Å². The molecule has 29 heavy (non-hydrogen) atoms. The summed E-state index contributed by atoms with van der Waals surface area (Å²) in [5.41, 5.74) is 1.66. The van der Waals surface area contributed by atoms with E-state index in [0.29, 0.717) is 30.2 Å². The zero-order valence-electron chi connectivity index (χ0n) is 15.8. The first-order valence-electron chi connectivity index (χ1n) is 9.37. The van der Waals surface area contributed by atoms with Crippen molar-refractivity contribution >= 4 is 49.8 Å². The molecule has 1 aliphatic heterocycles. The van der Waals surface area contributed by atoms with Crippen molar-refractivity contribution in [3.05, 3.63) is 34.4 Å². The van der Waals surface area contributed by atoms with Crippen molar-refractivity contribution in [2.24, 2.45) is 5.92 Å². The van der Waals surface area contributed by atoms with Crippen molar-refractivity contribution in [3.63, 3.8) is 0 Å². The number of ether oxygens (including phenoxy) is 1. The number of hydrogen-bond donors (Lipinski definition) is 0. The maximum absolute atomic E-state index is 11.9. The van der Waals surface area contributed by atoms with Crippen LogP contribution in [0.3, 0.4) is 0 Å². The number of hydrogen-bond acceptors (Lipinski definition) is 7. The Labute approximate surface area is 177 Å². The third kappa shape index (κ3) is 4.17. The van der Waals surface area contributed by atoms with Crippen molar-refractivity contribution in [2.45, 2.75) is 26.3 Å². The summed E-state index contributed by atoms with van der Waals surface area (Å²) in [5, 5.41) is 1.72. The van der Waals surface area contributed by atoms with Crippen LogP contribution >= 0.6 is 23.1 Å². The maximum atomic E-state index is 11.9. The van der Waals surface area contributed by atoms with E-state index in [1.165, 1.54) is 0 Å². The quantitative estimate of drug-likeness (QED) is 0.545. The highest BCUT2D eigenvalue weighted by molar-refractivity contribution is 7.91. The van der Waals surface area contributed by atoms with Crippen molar-refractivity contribution < 1.29 is 17.9 Å². The summed E-state index contributed by atoms with van der Waals surface area (Å²) in [6.45, 7) is 2.69. The molecule has 0 bridgehead atoms. The van der Waals surface area contributed by atoms with Gasteiger partial charge in [0.2, 0.25) is 5.01 Å². The summed E-state index contributed by atoms with van der Waals surface area (Å²) in [6.07, 6.45) is 3.23. The minimum absolute atomic E-state index is 0.210. The van der Waals surface area contributed by atoms with E-state index in [4.69, 9.17) is 16.3 Å². The number of sulfone groups is 1. The Morgan fingerprint density at radius 2 is 2.10 bits per heavy atom. The fourth-order valence-electron chi connectivity index (χ4n) is 3.64. The second-order valence-corrected chi connectivity index (χ2v) is 10.5. The van der Waals surface area contributed by atoms with Gasteiger partial charge in [-0.2, -0.15) is 4.37 Å². The fourth-order valence-corrected chi connectivity index (χ4v) is 6.09. The minimum Gasteiger partial charge on any atom is -0.461 e. The van der Waals surface area contributed by atoms with Gasteiger partial charge in [-0.05, 0) is 43.3 Å². The van der Waals surface area contributed by atoms with Gasteiger partial charge in [0.1, 0.15) is 9.84 Å². The maximum Gasteiger partial charge on any atom is 0.369 e. The Morgan fingerprint density at radius 1 is 1.34 bits per heavy atom. The second-order valence-electron chi connectivity index (χ2n) is 7.07. The van der Waals surface area contributed by atoms with E-state index in [-0.39, 0.29) is 29.0 Å². The first kappa shape index (κ1) is 20.3. The molecule has 1 saturated heterocycles. The highest BCUT2D eigenvalue weighted by Gasteiger charge is 2.25. The fraction of sp³-hybridized carbons (Fsp3) is 0.421. The van der Waals surface area contributed by atoms with Gasteiger partial charge in [-0.1, -0.05) is 23.7 Å². The van der Waals surface area contributed by atoms with E-state index in [1.807, 2.05) is 24.4 Å². The van der Waals surface area contributed by atoms with Crippen molar-refractivity contribution in [2.75, 3.05) is 18.1 Å². The van der Waals surface area contributed by atoms with Crippen LogP contribution in [0.25, 0.3) is 22.3 Å². The highest BCUT2D eigenvalue weighted by Crippen LogP contribution is 2.35. The van der Waals surface area contributed by atoms with Crippen LogP contribution in [0.5, 0.6) is 0 Å². The van der Waals surface area contributed by atoms with Gasteiger partial charge in [-0.3, -0.25) is 0 Å². The molecule has 0 amide bonds. The molecule has 0 radical (unpaired) electrons. The van der Waals surface area contributed by atoms with Gasteiger partial charge in [0.25, 0.3) is 0 Å². The summed E-state index contributed by atoms with van der Waals surface area (Å²) >= 11 is 7.50. The summed E-state index contributed by atoms with van der Waals surface area (Å²) < 4.78 is 34.9. The molecule has 1 aromatic carbocycles. The topological polar surface area (TPSA) is 91.1 Å². The third-order valence-corrected chi connectivity index (χ3v) is 7.81. The average molecular weight is 454 g/mol. The lowest BCUT2D eigenvalue weighted by Crippen LogP contribution is -2.25. The predicted molar refractivity (Wildman–Crippen MR) is 113 cm³/mol. The van der Waals surface area contributed by atoms with E-state index >= 15 is 0 Å². The molecule has 0 unspecified atom stereocenters. The van der Waals surface area contributed by atoms with Gasteiger partial charge in [0, 0.05) is 23.7 Å². The zero-order valence-corrected chi connectivity index (χ0v) is 18.2. The molecule has 0 aliphatic carbocycles. The molecule has 154 valence electrons. The Hall–Kier alpha value is -1.97. The molecule has 1 aliphatic rings. The molecular formula is C19H20ClN3O4S2. The Bertz CT molecular complexity index is 1160. The van der Waals surface area contributed by atoms with Crippen LogP contribution < -0.4 is 0 Å². The Morgan fingerprint density at radius 3 is 2.83 bits per heavy atom. The van der Waals surface area contributed by atoms with Gasteiger partial charge in [0.05, 0.1) is 28.7 Å². The number of carbonyl (C=O) groups is 1. The third-order valence-electron chi connectivity index (χ3n) is 5.10. The molecule has 0 spiro atoms. The molecule has 3 heterocycles. The van der Waals surface area contributed by atoms with Crippen LogP contribution in [0.1, 0.15) is 29.6 Å². The zero-order chi connectivity index (χ0) is 20.6. The van der Waals surface area contributed by atoms with E-state index in [9.17, 15) is 13.2 Å². The molecule has 4 rings (SSSR count). The van der Waals surface area contributed by atoms with Crippen molar-refractivity contribution in [1.29, 1.82) is 0 Å². The van der Waals surface area contributed by atoms with Crippen LogP contribution in [-0.4, -0.2) is 46.4 Å². The summed E-state index contributed by atoms with van der Waals surface area (Å²) in [6, 6.07) is 5.64. The molecule has 0 atom stereocenters. The number of fused-ring (bicyclic) bond motifs is 1. The molecule has 3 aromatic rings. The van der Waals surface area contributed by atoms with E-state index in [1.54, 1.807) is 6.92 Å². The number of esters is 1. The van der Waals surface area contributed by atoms with Crippen molar-refractivity contribution in [3.8, 4) is 11.4 Å². The van der Waals surface area contributed by atoms with Crippen LogP contribution in [0.2, 0.25) is 5.02 Å². The lowest BCUT2D eigenvalue weighted by Gasteiger charge is -2.22. The highest BCUT2D eigenvalue weighted by atomic mass is 35.5. The van der Waals surface area contributed by atoms with Crippen LogP contribution in [0.4, 0.5) is 0 Å². The summed E-state index contributed by atoms with van der Waals surface area (Å²) in [5.74, 6) is 0.690. The molecule has 10 heteroatoms. The largest absolute Gasteiger partial charge is 0.461 e. The van der Waals surface area contributed by atoms with Gasteiger partial charge >= 0.3 is 5.97 Å². The number of para-hydroxylation sites is 1. The summed E-state index contributed by atoms with van der Waals surface area (Å²) in [4.78, 5) is 16.3. The molecule has 0 N–H and O–H groups in total. The average Bonchev–Trinajstić information content (AvgIpc) is 3.30. The SMILES string of the molecule is CCOC(=O)c1nc(-c2cn(CC3CCS(=O)(=O)CC3)c3c(Cl)cccc23)ns1. The van der Waals surface area contributed by atoms with E-state index in [2.05, 4.69) is 13.9 Å². The lowest BCUT2D eigenvalue weighted by atomic mass is 10.0. The van der Waals surface area contributed by atoms with Gasteiger partial charge in [-0.25, -0.2) is 18.2 Å². The number of halogens is 1.